The van der Waals surface area contributed by atoms with Crippen molar-refractivity contribution in [3.05, 3.63) is 24.3 Å². The molecule has 30 heavy (non-hydrogen) atoms. The number of methoxy groups -OCH3 is 1. The fraction of sp³-hybridized carbons (Fsp3) is 0.579. The minimum absolute atomic E-state index is 0. The number of nitrogens with one attached hydrogen (secondary N) is 2. The summed E-state index contributed by atoms with van der Waals surface area (Å²) in [6.45, 7) is 2.34. The van der Waals surface area contributed by atoms with E-state index in [0.29, 0.717) is 23.9 Å². The fourth-order valence-corrected chi connectivity index (χ4v) is 3.13. The number of aliphatic imine (C=N–C) groups is 1. The third kappa shape index (κ3) is 8.07. The van der Waals surface area contributed by atoms with E-state index in [1.165, 1.54) is 0 Å². The Balaban J connectivity index is 0.00000450. The van der Waals surface area contributed by atoms with Gasteiger partial charge >= 0.3 is 6.18 Å². The van der Waals surface area contributed by atoms with Gasteiger partial charge in [-0.05, 0) is 25.5 Å². The molecule has 170 valence electrons. The highest BCUT2D eigenvalue weighted by molar-refractivity contribution is 14.0. The largest absolute Gasteiger partial charge is 0.495 e. The average molecular weight is 543 g/mol. The number of rotatable bonds is 7. The van der Waals surface area contributed by atoms with Crippen molar-refractivity contribution in [2.24, 2.45) is 4.99 Å². The Morgan fingerprint density at radius 3 is 2.70 bits per heavy atom. The van der Waals surface area contributed by atoms with Gasteiger partial charge in [0.25, 0.3) is 0 Å². The van der Waals surface area contributed by atoms with Crippen molar-refractivity contribution in [2.75, 3.05) is 51.8 Å². The minimum atomic E-state index is -4.43. The molecule has 1 fully saturated rings. The smallest absolute Gasteiger partial charge is 0.406 e. The zero-order valence-electron chi connectivity index (χ0n) is 17.3. The van der Waals surface area contributed by atoms with Crippen LogP contribution in [0.3, 0.4) is 0 Å². The Morgan fingerprint density at radius 1 is 1.37 bits per heavy atom. The van der Waals surface area contributed by atoms with E-state index in [2.05, 4.69) is 20.5 Å². The Hall–Kier alpha value is -1.92. The molecular formula is C19H29F3IN5O2. The number of carbonyl (C=O) groups is 1. The highest BCUT2D eigenvalue weighted by atomic mass is 127. The van der Waals surface area contributed by atoms with E-state index in [-0.39, 0.29) is 36.6 Å². The third-order valence-corrected chi connectivity index (χ3v) is 4.51. The summed E-state index contributed by atoms with van der Waals surface area (Å²) in [5.74, 6) is 0.516. The van der Waals surface area contributed by atoms with Crippen molar-refractivity contribution >= 4 is 41.5 Å². The zero-order chi connectivity index (χ0) is 21.4. The van der Waals surface area contributed by atoms with Crippen LogP contribution in [0.5, 0.6) is 5.75 Å². The summed E-state index contributed by atoms with van der Waals surface area (Å²) < 4.78 is 42.7. The first-order chi connectivity index (χ1) is 13.7. The van der Waals surface area contributed by atoms with E-state index in [4.69, 9.17) is 4.74 Å². The van der Waals surface area contributed by atoms with Gasteiger partial charge in [-0.1, -0.05) is 12.1 Å². The Bertz CT molecular complexity index is 718. The second-order valence-electron chi connectivity index (χ2n) is 6.81. The molecule has 11 heteroatoms. The van der Waals surface area contributed by atoms with Crippen molar-refractivity contribution in [1.29, 1.82) is 0 Å². The van der Waals surface area contributed by atoms with E-state index in [1.54, 1.807) is 7.11 Å². The second-order valence-corrected chi connectivity index (χ2v) is 6.81. The van der Waals surface area contributed by atoms with E-state index in [9.17, 15) is 18.0 Å². The maximum atomic E-state index is 12.4. The molecule has 7 nitrogen and oxygen atoms in total. The number of hydrogen-bond donors (Lipinski definition) is 2. The van der Waals surface area contributed by atoms with Gasteiger partial charge in [0.1, 0.15) is 18.8 Å². The lowest BCUT2D eigenvalue weighted by Crippen LogP contribution is -2.45. The van der Waals surface area contributed by atoms with Gasteiger partial charge in [0.15, 0.2) is 5.96 Å². The first-order valence-electron chi connectivity index (χ1n) is 9.47. The first kappa shape index (κ1) is 26.1. The van der Waals surface area contributed by atoms with Crippen LogP contribution in [-0.2, 0) is 4.79 Å². The number of ether oxygens (including phenoxy) is 1. The van der Waals surface area contributed by atoms with Crippen LogP contribution in [0, 0.1) is 0 Å². The summed E-state index contributed by atoms with van der Waals surface area (Å²) in [4.78, 5) is 18.9. The first-order valence-corrected chi connectivity index (χ1v) is 9.47. The molecule has 1 aliphatic heterocycles. The number of hydrogen-bond acceptors (Lipinski definition) is 4. The number of amides is 1. The van der Waals surface area contributed by atoms with E-state index in [1.807, 2.05) is 31.2 Å². The molecule has 0 saturated carbocycles. The number of benzene rings is 1. The van der Waals surface area contributed by atoms with Crippen molar-refractivity contribution in [2.45, 2.75) is 25.6 Å². The number of guanidine groups is 1. The molecule has 1 aromatic rings. The molecule has 0 bridgehead atoms. The summed E-state index contributed by atoms with van der Waals surface area (Å²) in [5, 5.41) is 6.29. The third-order valence-electron chi connectivity index (χ3n) is 4.51. The van der Waals surface area contributed by atoms with Crippen LogP contribution in [0.15, 0.2) is 29.3 Å². The lowest BCUT2D eigenvalue weighted by atomic mass is 10.2. The molecule has 1 amide bonds. The van der Waals surface area contributed by atoms with E-state index < -0.39 is 18.6 Å². The summed E-state index contributed by atoms with van der Waals surface area (Å²) in [6.07, 6.45) is -3.58. The predicted octanol–water partition coefficient (Wildman–Crippen LogP) is 2.47. The molecule has 2 rings (SSSR count). The number of para-hydroxylation sites is 2. The van der Waals surface area contributed by atoms with Crippen molar-refractivity contribution in [3.8, 4) is 5.75 Å². The topological polar surface area (TPSA) is 69.2 Å². The summed E-state index contributed by atoms with van der Waals surface area (Å²) in [7, 11) is 2.75. The molecule has 1 saturated heterocycles. The number of nitrogens with zero attached hydrogens (tertiary/aromatic N) is 3. The summed E-state index contributed by atoms with van der Waals surface area (Å²) in [5.41, 5.74) is 1.00. The normalized spacial score (nSPS) is 16.7. The van der Waals surface area contributed by atoms with Crippen LogP contribution < -0.4 is 20.3 Å². The molecular weight excluding hydrogens is 514 g/mol. The molecule has 1 heterocycles. The average Bonchev–Trinajstić information content (AvgIpc) is 3.13. The van der Waals surface area contributed by atoms with Crippen LogP contribution in [0.1, 0.15) is 13.3 Å². The fourth-order valence-electron chi connectivity index (χ4n) is 3.13. The number of carbonyl (C=O) groups excluding carboxylic acids is 1. The number of likely N-dealkylation sites (N-methyl/N-ethyl adjacent to an activating group) is 1. The number of anilines is 1. The van der Waals surface area contributed by atoms with Gasteiger partial charge in [-0.25, -0.2) is 4.99 Å². The number of halogens is 4. The van der Waals surface area contributed by atoms with Crippen LogP contribution in [0.4, 0.5) is 18.9 Å². The molecule has 1 atom stereocenters. The van der Waals surface area contributed by atoms with Gasteiger partial charge < -0.3 is 25.2 Å². The maximum absolute atomic E-state index is 12.4. The molecule has 1 unspecified atom stereocenters. The molecule has 1 aliphatic rings. The van der Waals surface area contributed by atoms with Gasteiger partial charge in [0.05, 0.1) is 12.8 Å². The van der Waals surface area contributed by atoms with Crippen LogP contribution in [-0.4, -0.2) is 75.9 Å². The van der Waals surface area contributed by atoms with Crippen LogP contribution in [0.2, 0.25) is 0 Å². The van der Waals surface area contributed by atoms with Gasteiger partial charge in [0, 0.05) is 32.7 Å². The van der Waals surface area contributed by atoms with Gasteiger partial charge in [-0.2, -0.15) is 13.2 Å². The van der Waals surface area contributed by atoms with Crippen LogP contribution >= 0.6 is 24.0 Å². The SMILES string of the molecule is CCNC(=NCC(=O)N(C)CC(F)(F)F)NC1CCN(c2ccccc2OC)C1.I. The molecule has 2 N–H and O–H groups in total. The van der Waals surface area contributed by atoms with Gasteiger partial charge in [-0.3, -0.25) is 4.79 Å². The minimum Gasteiger partial charge on any atom is -0.495 e. The quantitative estimate of drug-likeness (QED) is 0.315. The van der Waals surface area contributed by atoms with E-state index >= 15 is 0 Å². The zero-order valence-corrected chi connectivity index (χ0v) is 19.7. The van der Waals surface area contributed by atoms with E-state index in [0.717, 1.165) is 31.5 Å². The van der Waals surface area contributed by atoms with Crippen LogP contribution in [0.25, 0.3) is 0 Å². The Morgan fingerprint density at radius 2 is 2.07 bits per heavy atom. The lowest BCUT2D eigenvalue weighted by Gasteiger charge is -2.22. The lowest BCUT2D eigenvalue weighted by molar-refractivity contribution is -0.157. The molecule has 0 spiro atoms. The maximum Gasteiger partial charge on any atom is 0.406 e. The molecule has 0 aliphatic carbocycles. The Labute approximate surface area is 192 Å². The second kappa shape index (κ2) is 12.1. The van der Waals surface area contributed by atoms with Gasteiger partial charge in [0.2, 0.25) is 5.91 Å². The highest BCUT2D eigenvalue weighted by Crippen LogP contribution is 2.30. The molecule has 0 aromatic heterocycles. The Kier molecular flexibility index (Phi) is 10.5. The van der Waals surface area contributed by atoms with Gasteiger partial charge in [-0.15, -0.1) is 24.0 Å². The van der Waals surface area contributed by atoms with Crippen molar-refractivity contribution in [3.63, 3.8) is 0 Å². The number of alkyl halides is 3. The summed E-state index contributed by atoms with van der Waals surface area (Å²) >= 11 is 0. The standard InChI is InChI=1S/C19H28F3N5O2.HI/c1-4-23-18(24-11-17(28)26(2)13-19(20,21)22)25-14-9-10-27(12-14)15-7-5-6-8-16(15)29-3;/h5-8,14H,4,9-13H2,1-3H3,(H2,23,24,25);1H. The van der Waals surface area contributed by atoms with Crippen molar-refractivity contribution < 1.29 is 22.7 Å². The molecule has 0 radical (unpaired) electrons. The highest BCUT2D eigenvalue weighted by Gasteiger charge is 2.31. The summed E-state index contributed by atoms with van der Waals surface area (Å²) in [6, 6.07) is 7.85. The molecule has 1 aromatic carbocycles. The monoisotopic (exact) mass is 543 g/mol. The predicted molar refractivity (Wildman–Crippen MR) is 122 cm³/mol. The van der Waals surface area contributed by atoms with Crippen molar-refractivity contribution in [1.82, 2.24) is 15.5 Å².